The number of carbonyl (C=O) groups excluding carboxylic acids is 1. The highest BCUT2D eigenvalue weighted by atomic mass is 16.5. The van der Waals surface area contributed by atoms with E-state index in [0.717, 1.165) is 13.0 Å². The van der Waals surface area contributed by atoms with Gasteiger partial charge >= 0.3 is 0 Å². The average molecular weight is 298 g/mol. The molecule has 1 amide bonds. The van der Waals surface area contributed by atoms with Crippen molar-refractivity contribution in [2.45, 2.75) is 45.8 Å². The summed E-state index contributed by atoms with van der Waals surface area (Å²) in [5.41, 5.74) is -0.120. The van der Waals surface area contributed by atoms with E-state index < -0.39 is 0 Å². The standard InChI is InChI=1S/C15H30N4O2/c1-8-16-13(17-10-12(20)19(5)6)18-11-9-15(4,21-7)14(11,2)3/h11H,8-10H2,1-7H3,(H2,16,17,18). The van der Waals surface area contributed by atoms with Crippen molar-refractivity contribution in [3.63, 3.8) is 0 Å². The number of guanidine groups is 1. The van der Waals surface area contributed by atoms with Crippen LogP contribution in [0.15, 0.2) is 4.99 Å². The van der Waals surface area contributed by atoms with E-state index >= 15 is 0 Å². The van der Waals surface area contributed by atoms with E-state index in [1.807, 2.05) is 6.92 Å². The molecular weight excluding hydrogens is 268 g/mol. The largest absolute Gasteiger partial charge is 0.378 e. The second-order valence-corrected chi connectivity index (χ2v) is 6.54. The molecule has 0 bridgehead atoms. The van der Waals surface area contributed by atoms with Crippen molar-refractivity contribution >= 4 is 11.9 Å². The number of aliphatic imine (C=N–C) groups is 1. The Hall–Kier alpha value is -1.30. The molecule has 122 valence electrons. The van der Waals surface area contributed by atoms with Crippen molar-refractivity contribution in [2.75, 3.05) is 34.3 Å². The van der Waals surface area contributed by atoms with Crippen LogP contribution in [0.4, 0.5) is 0 Å². The maximum absolute atomic E-state index is 11.6. The van der Waals surface area contributed by atoms with Crippen LogP contribution in [0.3, 0.4) is 0 Å². The van der Waals surface area contributed by atoms with Gasteiger partial charge in [0.15, 0.2) is 5.96 Å². The normalized spacial score (nSPS) is 27.8. The van der Waals surface area contributed by atoms with E-state index in [9.17, 15) is 4.79 Å². The number of ether oxygens (including phenoxy) is 1. The highest BCUT2D eigenvalue weighted by Gasteiger charge is 2.58. The molecule has 1 saturated carbocycles. The molecule has 0 saturated heterocycles. The Balaban J connectivity index is 2.68. The molecule has 0 aromatic heterocycles. The number of nitrogens with one attached hydrogen (secondary N) is 2. The molecule has 0 spiro atoms. The second-order valence-electron chi connectivity index (χ2n) is 6.54. The van der Waals surface area contributed by atoms with Crippen LogP contribution in [0.5, 0.6) is 0 Å². The second kappa shape index (κ2) is 6.64. The zero-order chi connectivity index (χ0) is 16.3. The van der Waals surface area contributed by atoms with Gasteiger partial charge in [0.2, 0.25) is 5.91 Å². The van der Waals surface area contributed by atoms with Gasteiger partial charge in [-0.15, -0.1) is 0 Å². The number of likely N-dealkylation sites (N-methyl/N-ethyl adjacent to an activating group) is 1. The molecule has 6 nitrogen and oxygen atoms in total. The molecule has 0 heterocycles. The van der Waals surface area contributed by atoms with E-state index in [1.54, 1.807) is 26.1 Å². The van der Waals surface area contributed by atoms with Crippen molar-refractivity contribution in [1.29, 1.82) is 0 Å². The van der Waals surface area contributed by atoms with Gasteiger partial charge in [0, 0.05) is 39.2 Å². The van der Waals surface area contributed by atoms with Crippen LogP contribution in [-0.4, -0.2) is 62.7 Å². The first kappa shape index (κ1) is 17.8. The smallest absolute Gasteiger partial charge is 0.243 e. The van der Waals surface area contributed by atoms with Crippen molar-refractivity contribution in [3.8, 4) is 0 Å². The summed E-state index contributed by atoms with van der Waals surface area (Å²) < 4.78 is 5.63. The lowest BCUT2D eigenvalue weighted by Crippen LogP contribution is -2.69. The SMILES string of the molecule is CCNC(=NCC(=O)N(C)C)NC1CC(C)(OC)C1(C)C. The lowest BCUT2D eigenvalue weighted by molar-refractivity contribution is -0.176. The van der Waals surface area contributed by atoms with Crippen LogP contribution in [0.25, 0.3) is 0 Å². The van der Waals surface area contributed by atoms with Gasteiger partial charge in [0.05, 0.1) is 5.60 Å². The van der Waals surface area contributed by atoms with Crippen LogP contribution in [0, 0.1) is 5.41 Å². The van der Waals surface area contributed by atoms with Crippen molar-refractivity contribution < 1.29 is 9.53 Å². The summed E-state index contributed by atoms with van der Waals surface area (Å²) in [7, 11) is 5.22. The number of hydrogen-bond acceptors (Lipinski definition) is 3. The summed E-state index contributed by atoms with van der Waals surface area (Å²) in [6, 6.07) is 0.273. The summed E-state index contributed by atoms with van der Waals surface area (Å²) in [4.78, 5) is 17.5. The van der Waals surface area contributed by atoms with Crippen LogP contribution in [-0.2, 0) is 9.53 Å². The van der Waals surface area contributed by atoms with Gasteiger partial charge in [-0.25, -0.2) is 4.99 Å². The molecule has 2 N–H and O–H groups in total. The number of rotatable bonds is 5. The minimum atomic E-state index is -0.124. The number of nitrogens with zero attached hydrogens (tertiary/aromatic N) is 2. The molecule has 1 fully saturated rings. The lowest BCUT2D eigenvalue weighted by Gasteiger charge is -2.59. The molecule has 0 aromatic rings. The minimum Gasteiger partial charge on any atom is -0.378 e. The molecule has 2 unspecified atom stereocenters. The van der Waals surface area contributed by atoms with Gasteiger partial charge in [-0.2, -0.15) is 0 Å². The Morgan fingerprint density at radius 3 is 2.43 bits per heavy atom. The fraction of sp³-hybridized carbons (Fsp3) is 0.867. The molecule has 1 rings (SSSR count). The van der Waals surface area contributed by atoms with Crippen LogP contribution in [0.2, 0.25) is 0 Å². The van der Waals surface area contributed by atoms with Crippen molar-refractivity contribution in [1.82, 2.24) is 15.5 Å². The maximum Gasteiger partial charge on any atom is 0.243 e. The number of methoxy groups -OCH3 is 1. The molecule has 0 aromatic carbocycles. The zero-order valence-corrected chi connectivity index (χ0v) is 14.4. The first-order chi connectivity index (χ1) is 9.67. The Bertz CT molecular complexity index is 406. The van der Waals surface area contributed by atoms with Gasteiger partial charge in [-0.1, -0.05) is 13.8 Å². The molecule has 2 atom stereocenters. The fourth-order valence-corrected chi connectivity index (χ4v) is 2.50. The van der Waals surface area contributed by atoms with E-state index in [1.165, 1.54) is 0 Å². The average Bonchev–Trinajstić information content (AvgIpc) is 2.43. The topological polar surface area (TPSA) is 66.0 Å². The molecule has 0 aliphatic heterocycles. The molecule has 1 aliphatic rings. The Morgan fingerprint density at radius 2 is 2.00 bits per heavy atom. The fourth-order valence-electron chi connectivity index (χ4n) is 2.50. The first-order valence-corrected chi connectivity index (χ1v) is 7.48. The zero-order valence-electron chi connectivity index (χ0n) is 14.4. The van der Waals surface area contributed by atoms with E-state index in [0.29, 0.717) is 5.96 Å². The molecule has 0 radical (unpaired) electrons. The summed E-state index contributed by atoms with van der Waals surface area (Å²) in [5.74, 6) is 0.672. The van der Waals surface area contributed by atoms with Gasteiger partial charge < -0.3 is 20.3 Å². The summed E-state index contributed by atoms with van der Waals surface area (Å²) in [5, 5.41) is 6.60. The first-order valence-electron chi connectivity index (χ1n) is 7.48. The summed E-state index contributed by atoms with van der Waals surface area (Å²) in [6.07, 6.45) is 0.919. The number of hydrogen-bond donors (Lipinski definition) is 2. The molecular formula is C15H30N4O2. The Morgan fingerprint density at radius 1 is 1.38 bits per heavy atom. The van der Waals surface area contributed by atoms with Gasteiger partial charge in [-0.05, 0) is 20.3 Å². The third-order valence-electron chi connectivity index (χ3n) is 4.80. The molecule has 1 aliphatic carbocycles. The quantitative estimate of drug-likeness (QED) is 0.583. The van der Waals surface area contributed by atoms with Gasteiger partial charge in [-0.3, -0.25) is 4.79 Å². The van der Waals surface area contributed by atoms with E-state index in [4.69, 9.17) is 4.74 Å². The lowest BCUT2D eigenvalue weighted by atomic mass is 9.56. The van der Waals surface area contributed by atoms with Crippen molar-refractivity contribution in [2.24, 2.45) is 10.4 Å². The predicted molar refractivity (Wildman–Crippen MR) is 85.4 cm³/mol. The third-order valence-corrected chi connectivity index (χ3v) is 4.80. The van der Waals surface area contributed by atoms with Crippen LogP contribution < -0.4 is 10.6 Å². The monoisotopic (exact) mass is 298 g/mol. The molecule has 21 heavy (non-hydrogen) atoms. The van der Waals surface area contributed by atoms with Crippen LogP contribution >= 0.6 is 0 Å². The van der Waals surface area contributed by atoms with Gasteiger partial charge in [0.1, 0.15) is 6.54 Å². The minimum absolute atomic E-state index is 0.00347. The van der Waals surface area contributed by atoms with Crippen molar-refractivity contribution in [3.05, 3.63) is 0 Å². The van der Waals surface area contributed by atoms with E-state index in [2.05, 4.69) is 36.4 Å². The molecule has 6 heteroatoms. The number of carbonyl (C=O) groups is 1. The Labute approximate surface area is 128 Å². The summed E-state index contributed by atoms with van der Waals surface area (Å²) >= 11 is 0. The number of amides is 1. The van der Waals surface area contributed by atoms with Gasteiger partial charge in [0.25, 0.3) is 0 Å². The summed E-state index contributed by atoms with van der Waals surface area (Å²) in [6.45, 7) is 9.42. The predicted octanol–water partition coefficient (Wildman–Crippen LogP) is 0.833. The van der Waals surface area contributed by atoms with E-state index in [-0.39, 0.29) is 29.5 Å². The highest BCUT2D eigenvalue weighted by Crippen LogP contribution is 2.51. The maximum atomic E-state index is 11.6. The Kier molecular flexibility index (Phi) is 5.61. The third kappa shape index (κ3) is 3.67. The highest BCUT2D eigenvalue weighted by molar-refractivity contribution is 5.85. The van der Waals surface area contributed by atoms with Crippen LogP contribution in [0.1, 0.15) is 34.1 Å².